The van der Waals surface area contributed by atoms with Gasteiger partial charge in [0.1, 0.15) is 17.9 Å². The zero-order chi connectivity index (χ0) is 13.1. The third-order valence-corrected chi connectivity index (χ3v) is 3.23. The van der Waals surface area contributed by atoms with Gasteiger partial charge in [0.15, 0.2) is 0 Å². The van der Waals surface area contributed by atoms with Gasteiger partial charge in [0.25, 0.3) is 0 Å². The summed E-state index contributed by atoms with van der Waals surface area (Å²) in [5.41, 5.74) is 0.731. The first-order chi connectivity index (χ1) is 8.61. The molecule has 0 fully saturated rings. The number of methoxy groups -OCH3 is 1. The Kier molecular flexibility index (Phi) is 3.98. The van der Waals surface area contributed by atoms with Crippen molar-refractivity contribution >= 4 is 15.9 Å². The summed E-state index contributed by atoms with van der Waals surface area (Å²) < 4.78 is 7.79. The molecule has 96 valence electrons. The lowest BCUT2D eigenvalue weighted by molar-refractivity contribution is 0.170. The maximum atomic E-state index is 10.3. The van der Waals surface area contributed by atoms with Crippen molar-refractivity contribution in [3.8, 4) is 5.75 Å². The summed E-state index contributed by atoms with van der Waals surface area (Å²) in [4.78, 5) is 4.10. The first kappa shape index (κ1) is 13.0. The zero-order valence-electron chi connectivity index (χ0n) is 10.2. The standard InChI is InChI=1S/C12H14BrN3O2/c1-16-12(14-7-15-16)6-10(17)9-5-8(13)3-4-11(9)18-2/h3-5,7,10,17H,6H2,1-2H3. The van der Waals surface area contributed by atoms with Crippen LogP contribution in [0.2, 0.25) is 0 Å². The molecular formula is C12H14BrN3O2. The van der Waals surface area contributed by atoms with Gasteiger partial charge < -0.3 is 9.84 Å². The Morgan fingerprint density at radius 1 is 1.50 bits per heavy atom. The van der Waals surface area contributed by atoms with Crippen LogP contribution in [-0.4, -0.2) is 27.0 Å². The summed E-state index contributed by atoms with van der Waals surface area (Å²) in [6, 6.07) is 5.54. The molecule has 0 amide bonds. The van der Waals surface area contributed by atoms with Crippen LogP contribution in [0.5, 0.6) is 5.75 Å². The number of ether oxygens (including phenoxy) is 1. The quantitative estimate of drug-likeness (QED) is 0.936. The monoisotopic (exact) mass is 311 g/mol. The van der Waals surface area contributed by atoms with E-state index in [-0.39, 0.29) is 0 Å². The minimum absolute atomic E-state index is 0.392. The largest absolute Gasteiger partial charge is 0.496 e. The molecule has 1 unspecified atom stereocenters. The predicted octanol–water partition coefficient (Wildman–Crippen LogP) is 1.86. The van der Waals surface area contributed by atoms with Gasteiger partial charge in [-0.1, -0.05) is 15.9 Å². The average Bonchev–Trinajstić information content (AvgIpc) is 2.75. The normalized spacial score (nSPS) is 12.4. The number of aryl methyl sites for hydroxylation is 1. The highest BCUT2D eigenvalue weighted by atomic mass is 79.9. The van der Waals surface area contributed by atoms with Crippen molar-refractivity contribution < 1.29 is 9.84 Å². The van der Waals surface area contributed by atoms with Gasteiger partial charge in [-0.15, -0.1) is 0 Å². The Labute approximate surface area is 114 Å². The molecule has 1 atom stereocenters. The Balaban J connectivity index is 2.25. The highest BCUT2D eigenvalue weighted by molar-refractivity contribution is 9.10. The summed E-state index contributed by atoms with van der Waals surface area (Å²) in [5, 5.41) is 14.2. The van der Waals surface area contributed by atoms with E-state index in [1.165, 1.54) is 6.33 Å². The van der Waals surface area contributed by atoms with Crippen LogP contribution in [-0.2, 0) is 13.5 Å². The first-order valence-electron chi connectivity index (χ1n) is 5.46. The lowest BCUT2D eigenvalue weighted by Gasteiger charge is -2.14. The van der Waals surface area contributed by atoms with Crippen molar-refractivity contribution in [2.24, 2.45) is 7.05 Å². The second-order valence-corrected chi connectivity index (χ2v) is 4.82. The van der Waals surface area contributed by atoms with Crippen LogP contribution in [0.15, 0.2) is 29.0 Å². The molecule has 1 N–H and O–H groups in total. The van der Waals surface area contributed by atoms with Crippen molar-refractivity contribution in [1.82, 2.24) is 14.8 Å². The lowest BCUT2D eigenvalue weighted by atomic mass is 10.1. The molecule has 2 rings (SSSR count). The number of aliphatic hydroxyl groups is 1. The molecule has 0 radical (unpaired) electrons. The fraction of sp³-hybridized carbons (Fsp3) is 0.333. The Morgan fingerprint density at radius 3 is 2.89 bits per heavy atom. The average molecular weight is 312 g/mol. The number of hydrogen-bond acceptors (Lipinski definition) is 4. The van der Waals surface area contributed by atoms with E-state index in [0.29, 0.717) is 12.2 Å². The van der Waals surface area contributed by atoms with Gasteiger partial charge in [-0.2, -0.15) is 5.10 Å². The van der Waals surface area contributed by atoms with Crippen LogP contribution < -0.4 is 4.74 Å². The molecule has 18 heavy (non-hydrogen) atoms. The molecule has 0 spiro atoms. The van der Waals surface area contributed by atoms with E-state index in [9.17, 15) is 5.11 Å². The SMILES string of the molecule is COc1ccc(Br)cc1C(O)Cc1ncnn1C. The molecule has 0 aliphatic carbocycles. The van der Waals surface area contributed by atoms with E-state index in [4.69, 9.17) is 4.74 Å². The molecule has 1 aromatic carbocycles. The smallest absolute Gasteiger partial charge is 0.138 e. The van der Waals surface area contributed by atoms with Crippen LogP contribution in [0.3, 0.4) is 0 Å². The van der Waals surface area contributed by atoms with Crippen LogP contribution in [0.25, 0.3) is 0 Å². The van der Waals surface area contributed by atoms with E-state index in [0.717, 1.165) is 15.9 Å². The fourth-order valence-corrected chi connectivity index (χ4v) is 2.13. The number of halogens is 1. The molecule has 1 heterocycles. The molecular weight excluding hydrogens is 298 g/mol. The maximum absolute atomic E-state index is 10.3. The van der Waals surface area contributed by atoms with E-state index >= 15 is 0 Å². The number of rotatable bonds is 4. The Bertz CT molecular complexity index is 542. The third kappa shape index (κ3) is 2.70. The van der Waals surface area contributed by atoms with Crippen molar-refractivity contribution in [3.63, 3.8) is 0 Å². The number of nitrogens with zero attached hydrogens (tertiary/aromatic N) is 3. The summed E-state index contributed by atoms with van der Waals surface area (Å²) in [7, 11) is 3.38. The number of benzene rings is 1. The van der Waals surface area contributed by atoms with Gasteiger partial charge in [-0.25, -0.2) is 4.98 Å². The molecule has 0 saturated heterocycles. The number of aromatic nitrogens is 3. The van der Waals surface area contributed by atoms with Gasteiger partial charge >= 0.3 is 0 Å². The van der Waals surface area contributed by atoms with E-state index in [1.807, 2.05) is 18.2 Å². The Hall–Kier alpha value is -1.40. The second-order valence-electron chi connectivity index (χ2n) is 3.91. The molecule has 5 nitrogen and oxygen atoms in total. The number of hydrogen-bond donors (Lipinski definition) is 1. The molecule has 0 aliphatic heterocycles. The van der Waals surface area contributed by atoms with E-state index in [1.54, 1.807) is 18.8 Å². The fourth-order valence-electron chi connectivity index (χ4n) is 1.75. The Morgan fingerprint density at radius 2 is 2.28 bits per heavy atom. The van der Waals surface area contributed by atoms with Gasteiger partial charge in [0, 0.05) is 23.5 Å². The predicted molar refractivity (Wildman–Crippen MR) is 70.4 cm³/mol. The van der Waals surface area contributed by atoms with Crippen LogP contribution >= 0.6 is 15.9 Å². The summed E-state index contributed by atoms with van der Waals surface area (Å²) in [6.45, 7) is 0. The van der Waals surface area contributed by atoms with Gasteiger partial charge in [0.2, 0.25) is 0 Å². The molecule has 1 aromatic heterocycles. The molecule has 6 heteroatoms. The molecule has 0 aliphatic rings. The second kappa shape index (κ2) is 5.49. The highest BCUT2D eigenvalue weighted by Crippen LogP contribution is 2.29. The third-order valence-electron chi connectivity index (χ3n) is 2.73. The van der Waals surface area contributed by atoms with E-state index < -0.39 is 6.10 Å². The lowest BCUT2D eigenvalue weighted by Crippen LogP contribution is -2.08. The maximum Gasteiger partial charge on any atom is 0.138 e. The minimum atomic E-state index is -0.680. The van der Waals surface area contributed by atoms with Crippen LogP contribution in [0, 0.1) is 0 Å². The van der Waals surface area contributed by atoms with Gasteiger partial charge in [-0.3, -0.25) is 4.68 Å². The van der Waals surface area contributed by atoms with Crippen molar-refractivity contribution in [2.75, 3.05) is 7.11 Å². The summed E-state index contributed by atoms with van der Waals surface area (Å²) in [6.07, 6.45) is 1.18. The van der Waals surface area contributed by atoms with Gasteiger partial charge in [-0.05, 0) is 18.2 Å². The summed E-state index contributed by atoms with van der Waals surface area (Å²) in [5.74, 6) is 1.39. The number of aliphatic hydroxyl groups excluding tert-OH is 1. The van der Waals surface area contributed by atoms with Crippen LogP contribution in [0.1, 0.15) is 17.5 Å². The minimum Gasteiger partial charge on any atom is -0.496 e. The molecule has 0 bridgehead atoms. The van der Waals surface area contributed by atoms with Crippen molar-refractivity contribution in [2.45, 2.75) is 12.5 Å². The topological polar surface area (TPSA) is 60.2 Å². The van der Waals surface area contributed by atoms with Gasteiger partial charge in [0.05, 0.1) is 13.2 Å². The van der Waals surface area contributed by atoms with Crippen molar-refractivity contribution in [3.05, 3.63) is 40.4 Å². The summed E-state index contributed by atoms with van der Waals surface area (Å²) >= 11 is 3.39. The molecule has 0 saturated carbocycles. The highest BCUT2D eigenvalue weighted by Gasteiger charge is 2.16. The zero-order valence-corrected chi connectivity index (χ0v) is 11.8. The van der Waals surface area contributed by atoms with E-state index in [2.05, 4.69) is 26.0 Å². The first-order valence-corrected chi connectivity index (χ1v) is 6.25. The van der Waals surface area contributed by atoms with Crippen LogP contribution in [0.4, 0.5) is 0 Å². The van der Waals surface area contributed by atoms with Crippen molar-refractivity contribution in [1.29, 1.82) is 0 Å². The molecule has 2 aromatic rings.